The maximum Gasteiger partial charge on any atom is 0.195 e. The lowest BCUT2D eigenvalue weighted by Gasteiger charge is -1.97. The average molecular weight is 178 g/mol. The highest BCUT2D eigenvalue weighted by molar-refractivity contribution is 5.29. The van der Waals surface area contributed by atoms with Crippen LogP contribution in [0.15, 0.2) is 12.5 Å². The van der Waals surface area contributed by atoms with Crippen LogP contribution in [0.3, 0.4) is 0 Å². The zero-order valence-corrected chi connectivity index (χ0v) is 7.09. The van der Waals surface area contributed by atoms with Crippen molar-refractivity contribution in [3.8, 4) is 0 Å². The van der Waals surface area contributed by atoms with Crippen LogP contribution >= 0.6 is 0 Å². The molecule has 2 aromatic rings. The second kappa shape index (κ2) is 3.44. The summed E-state index contributed by atoms with van der Waals surface area (Å²) in [7, 11) is 0. The largest absolute Gasteiger partial charge is 0.330 e. The SMILES string of the molecule is NCCCc1ncc2nncn2n1. The van der Waals surface area contributed by atoms with Crippen molar-refractivity contribution in [3.63, 3.8) is 0 Å². The topological polar surface area (TPSA) is 82.0 Å². The minimum absolute atomic E-state index is 0.656. The molecule has 6 nitrogen and oxygen atoms in total. The predicted molar refractivity (Wildman–Crippen MR) is 46.0 cm³/mol. The number of fused-ring (bicyclic) bond motifs is 1. The molecule has 0 bridgehead atoms. The summed E-state index contributed by atoms with van der Waals surface area (Å²) >= 11 is 0. The van der Waals surface area contributed by atoms with Gasteiger partial charge in [0.1, 0.15) is 12.2 Å². The van der Waals surface area contributed by atoms with Crippen LogP contribution in [-0.2, 0) is 6.42 Å². The molecule has 0 aliphatic heterocycles. The molecule has 2 heterocycles. The highest BCUT2D eigenvalue weighted by Gasteiger charge is 1.99. The highest BCUT2D eigenvalue weighted by atomic mass is 15.4. The molecule has 6 heteroatoms. The van der Waals surface area contributed by atoms with E-state index in [1.807, 2.05) is 0 Å². The van der Waals surface area contributed by atoms with Gasteiger partial charge in [-0.05, 0) is 13.0 Å². The van der Waals surface area contributed by atoms with Crippen molar-refractivity contribution >= 4 is 5.65 Å². The third kappa shape index (κ3) is 1.62. The molecule has 0 unspecified atom stereocenters. The van der Waals surface area contributed by atoms with E-state index in [0.29, 0.717) is 12.2 Å². The van der Waals surface area contributed by atoms with Crippen LogP contribution in [0, 0.1) is 0 Å². The minimum atomic E-state index is 0.656. The summed E-state index contributed by atoms with van der Waals surface area (Å²) in [4.78, 5) is 4.13. The molecule has 2 aromatic heterocycles. The molecule has 2 N–H and O–H groups in total. The van der Waals surface area contributed by atoms with Crippen LogP contribution < -0.4 is 5.73 Å². The van der Waals surface area contributed by atoms with Gasteiger partial charge in [0.15, 0.2) is 5.65 Å². The first-order chi connectivity index (χ1) is 6.40. The first-order valence-electron chi connectivity index (χ1n) is 4.12. The van der Waals surface area contributed by atoms with Crippen molar-refractivity contribution in [2.45, 2.75) is 12.8 Å². The Bertz CT molecular complexity index is 395. The molecule has 0 radical (unpaired) electrons. The van der Waals surface area contributed by atoms with Gasteiger partial charge in [0, 0.05) is 6.42 Å². The van der Waals surface area contributed by atoms with Crippen molar-refractivity contribution < 1.29 is 0 Å². The van der Waals surface area contributed by atoms with E-state index < -0.39 is 0 Å². The van der Waals surface area contributed by atoms with Crippen molar-refractivity contribution in [2.24, 2.45) is 5.73 Å². The third-order valence-electron chi connectivity index (χ3n) is 1.71. The third-order valence-corrected chi connectivity index (χ3v) is 1.71. The van der Waals surface area contributed by atoms with Gasteiger partial charge in [-0.3, -0.25) is 0 Å². The van der Waals surface area contributed by atoms with E-state index in [4.69, 9.17) is 5.73 Å². The van der Waals surface area contributed by atoms with Crippen LogP contribution in [-0.4, -0.2) is 31.3 Å². The second-order valence-electron chi connectivity index (χ2n) is 2.70. The zero-order chi connectivity index (χ0) is 9.10. The van der Waals surface area contributed by atoms with Gasteiger partial charge in [-0.25, -0.2) is 4.98 Å². The molecule has 0 atom stereocenters. The van der Waals surface area contributed by atoms with E-state index >= 15 is 0 Å². The van der Waals surface area contributed by atoms with E-state index in [9.17, 15) is 0 Å². The van der Waals surface area contributed by atoms with Gasteiger partial charge in [0.2, 0.25) is 0 Å². The van der Waals surface area contributed by atoms with Gasteiger partial charge in [-0.15, -0.1) is 15.3 Å². The molecule has 0 fully saturated rings. The van der Waals surface area contributed by atoms with Crippen molar-refractivity contribution in [1.29, 1.82) is 0 Å². The fourth-order valence-electron chi connectivity index (χ4n) is 1.06. The number of nitrogens with two attached hydrogens (primary N) is 1. The monoisotopic (exact) mass is 178 g/mol. The van der Waals surface area contributed by atoms with Gasteiger partial charge >= 0.3 is 0 Å². The van der Waals surface area contributed by atoms with E-state index in [2.05, 4.69) is 20.3 Å². The van der Waals surface area contributed by atoms with Crippen molar-refractivity contribution in [2.75, 3.05) is 6.54 Å². The molecule has 0 saturated carbocycles. The molecule has 0 amide bonds. The minimum Gasteiger partial charge on any atom is -0.330 e. The predicted octanol–water partition coefficient (Wildman–Crippen LogP) is -0.589. The molecule has 0 aromatic carbocycles. The highest BCUT2D eigenvalue weighted by Crippen LogP contribution is 1.96. The number of aromatic nitrogens is 5. The number of nitrogens with zero attached hydrogens (tertiary/aromatic N) is 5. The van der Waals surface area contributed by atoms with Crippen molar-refractivity contribution in [3.05, 3.63) is 18.3 Å². The molecule has 2 rings (SSSR count). The Morgan fingerprint density at radius 2 is 2.38 bits per heavy atom. The first-order valence-corrected chi connectivity index (χ1v) is 4.12. The van der Waals surface area contributed by atoms with Gasteiger partial charge < -0.3 is 5.73 Å². The summed E-state index contributed by atoms with van der Waals surface area (Å²) in [5.41, 5.74) is 6.05. The Kier molecular flexibility index (Phi) is 2.13. The second-order valence-corrected chi connectivity index (χ2v) is 2.70. The molecular weight excluding hydrogens is 168 g/mol. The lowest BCUT2D eigenvalue weighted by molar-refractivity contribution is 0.735. The van der Waals surface area contributed by atoms with Crippen LogP contribution in [0.25, 0.3) is 5.65 Å². The van der Waals surface area contributed by atoms with Gasteiger partial charge in [0.25, 0.3) is 0 Å². The number of rotatable bonds is 3. The summed E-state index contributed by atoms with van der Waals surface area (Å²) in [5, 5.41) is 11.7. The molecule has 0 spiro atoms. The normalized spacial score (nSPS) is 10.8. The standard InChI is InChI=1S/C7H10N6/c8-3-1-2-6-9-4-7-11-10-5-13(7)12-6/h4-5H,1-3,8H2. The lowest BCUT2D eigenvalue weighted by Crippen LogP contribution is -2.05. The summed E-state index contributed by atoms with van der Waals surface area (Å²) in [6.45, 7) is 0.656. The van der Waals surface area contributed by atoms with E-state index in [0.717, 1.165) is 18.7 Å². The number of aryl methyl sites for hydroxylation is 1. The van der Waals surface area contributed by atoms with Crippen LogP contribution in [0.4, 0.5) is 0 Å². The molecular formula is C7H10N6. The molecule has 68 valence electrons. The Morgan fingerprint density at radius 3 is 3.23 bits per heavy atom. The maximum atomic E-state index is 5.38. The Hall–Kier alpha value is -1.56. The summed E-state index contributed by atoms with van der Waals surface area (Å²) < 4.78 is 1.61. The smallest absolute Gasteiger partial charge is 0.195 e. The maximum absolute atomic E-state index is 5.38. The Balaban J connectivity index is 2.26. The van der Waals surface area contributed by atoms with E-state index in [-0.39, 0.29) is 0 Å². The van der Waals surface area contributed by atoms with E-state index in [1.165, 1.54) is 0 Å². The summed E-state index contributed by atoms with van der Waals surface area (Å²) in [6.07, 6.45) is 4.91. The zero-order valence-electron chi connectivity index (χ0n) is 7.09. The van der Waals surface area contributed by atoms with E-state index in [1.54, 1.807) is 17.0 Å². The van der Waals surface area contributed by atoms with Crippen molar-refractivity contribution in [1.82, 2.24) is 24.8 Å². The fraction of sp³-hybridized carbons (Fsp3) is 0.429. The first kappa shape index (κ1) is 8.06. The van der Waals surface area contributed by atoms with Gasteiger partial charge in [-0.2, -0.15) is 4.52 Å². The molecule has 0 aliphatic rings. The number of hydrogen-bond donors (Lipinski definition) is 1. The van der Waals surface area contributed by atoms with Gasteiger partial charge in [-0.1, -0.05) is 0 Å². The van der Waals surface area contributed by atoms with Crippen LogP contribution in [0.2, 0.25) is 0 Å². The summed E-state index contributed by atoms with van der Waals surface area (Å²) in [6, 6.07) is 0. The molecule has 0 aliphatic carbocycles. The lowest BCUT2D eigenvalue weighted by atomic mass is 10.3. The fourth-order valence-corrected chi connectivity index (χ4v) is 1.06. The summed E-state index contributed by atoms with van der Waals surface area (Å²) in [5.74, 6) is 0.776. The number of hydrogen-bond acceptors (Lipinski definition) is 5. The average Bonchev–Trinajstić information content (AvgIpc) is 2.61. The quantitative estimate of drug-likeness (QED) is 0.679. The van der Waals surface area contributed by atoms with Gasteiger partial charge in [0.05, 0.1) is 6.20 Å². The Labute approximate surface area is 74.8 Å². The molecule has 0 saturated heterocycles. The van der Waals surface area contributed by atoms with Crippen LogP contribution in [0.5, 0.6) is 0 Å². The molecule has 13 heavy (non-hydrogen) atoms. The Morgan fingerprint density at radius 1 is 1.46 bits per heavy atom. The van der Waals surface area contributed by atoms with Crippen LogP contribution in [0.1, 0.15) is 12.2 Å².